The molecule has 1 saturated heterocycles. The predicted octanol–water partition coefficient (Wildman–Crippen LogP) is 0.840. The van der Waals surface area contributed by atoms with Crippen LogP contribution in [-0.4, -0.2) is 47.1 Å². The van der Waals surface area contributed by atoms with Gasteiger partial charge in [-0.3, -0.25) is 14.5 Å². The Morgan fingerprint density at radius 1 is 1.53 bits per heavy atom. The van der Waals surface area contributed by atoms with Crippen molar-refractivity contribution in [1.82, 2.24) is 10.2 Å². The number of amides is 1. The van der Waals surface area contributed by atoms with Crippen LogP contribution in [0.25, 0.3) is 0 Å². The molecule has 1 amide bonds. The molecule has 5 heteroatoms. The van der Waals surface area contributed by atoms with Crippen LogP contribution in [0.15, 0.2) is 0 Å². The monoisotopic (exact) mass is 242 g/mol. The van der Waals surface area contributed by atoms with E-state index in [-0.39, 0.29) is 11.9 Å². The number of likely N-dealkylation sites (tertiary alicyclic amines) is 1. The molecular weight excluding hydrogens is 220 g/mol. The number of hydrogen-bond donors (Lipinski definition) is 2. The molecule has 0 bridgehead atoms. The first-order valence-corrected chi connectivity index (χ1v) is 6.30. The van der Waals surface area contributed by atoms with Crippen LogP contribution in [0.3, 0.4) is 0 Å². The molecule has 1 aliphatic rings. The minimum absolute atomic E-state index is 0.0716. The standard InChI is InChI=1S/C12H22N2O3/c1-3-5-11(15)13-10-6-4-7-14(8-10)9(2)12(16)17/h9-10H,3-8H2,1-2H3,(H,13,15)(H,16,17)/t9-,10-/m1/s1. The second-order valence-electron chi connectivity index (χ2n) is 4.67. The average Bonchev–Trinajstić information content (AvgIpc) is 2.28. The van der Waals surface area contributed by atoms with Crippen molar-refractivity contribution in [2.45, 2.75) is 51.6 Å². The number of carboxylic acid groups (broad SMARTS) is 1. The zero-order valence-corrected chi connectivity index (χ0v) is 10.6. The van der Waals surface area contributed by atoms with Crippen molar-refractivity contribution in [3.8, 4) is 0 Å². The molecule has 1 fully saturated rings. The van der Waals surface area contributed by atoms with Crippen LogP contribution in [0.5, 0.6) is 0 Å². The fourth-order valence-corrected chi connectivity index (χ4v) is 2.16. The zero-order chi connectivity index (χ0) is 12.8. The fraction of sp³-hybridized carbons (Fsp3) is 0.833. The molecule has 0 aromatic heterocycles. The summed E-state index contributed by atoms with van der Waals surface area (Å²) >= 11 is 0. The molecule has 1 rings (SSSR count). The van der Waals surface area contributed by atoms with Gasteiger partial charge in [-0.05, 0) is 32.7 Å². The molecule has 0 spiro atoms. The molecule has 1 heterocycles. The minimum Gasteiger partial charge on any atom is -0.480 e. The largest absolute Gasteiger partial charge is 0.480 e. The predicted molar refractivity (Wildman–Crippen MR) is 64.7 cm³/mol. The maximum Gasteiger partial charge on any atom is 0.320 e. The summed E-state index contributed by atoms with van der Waals surface area (Å²) in [7, 11) is 0. The van der Waals surface area contributed by atoms with Crippen LogP contribution in [0.2, 0.25) is 0 Å². The van der Waals surface area contributed by atoms with E-state index < -0.39 is 12.0 Å². The molecule has 0 radical (unpaired) electrons. The maximum absolute atomic E-state index is 11.5. The first-order chi connectivity index (χ1) is 8.04. The maximum atomic E-state index is 11.5. The first kappa shape index (κ1) is 14.0. The fourth-order valence-electron chi connectivity index (χ4n) is 2.16. The molecule has 0 aliphatic carbocycles. The Labute approximate surface area is 102 Å². The Morgan fingerprint density at radius 2 is 2.24 bits per heavy atom. The summed E-state index contributed by atoms with van der Waals surface area (Å²) in [6, 6.07) is -0.370. The molecule has 1 aliphatic heterocycles. The summed E-state index contributed by atoms with van der Waals surface area (Å²) in [5.41, 5.74) is 0. The molecule has 2 atom stereocenters. The van der Waals surface area contributed by atoms with E-state index in [0.717, 1.165) is 25.8 Å². The lowest BCUT2D eigenvalue weighted by atomic mass is 10.0. The Balaban J connectivity index is 2.43. The molecule has 0 aromatic rings. The summed E-state index contributed by atoms with van der Waals surface area (Å²) in [4.78, 5) is 24.3. The average molecular weight is 242 g/mol. The van der Waals surface area contributed by atoms with Crippen molar-refractivity contribution in [2.75, 3.05) is 13.1 Å². The SMILES string of the molecule is CCCC(=O)N[C@@H]1CCCN([C@H](C)C(=O)O)C1. The normalized spacial score (nSPS) is 23.1. The first-order valence-electron chi connectivity index (χ1n) is 6.30. The number of rotatable bonds is 5. The Kier molecular flexibility index (Phi) is 5.41. The zero-order valence-electron chi connectivity index (χ0n) is 10.6. The van der Waals surface area contributed by atoms with Crippen LogP contribution in [0, 0.1) is 0 Å². The Bertz CT molecular complexity index is 281. The van der Waals surface area contributed by atoms with E-state index >= 15 is 0 Å². The van der Waals surface area contributed by atoms with Gasteiger partial charge in [-0.2, -0.15) is 0 Å². The van der Waals surface area contributed by atoms with Gasteiger partial charge in [0, 0.05) is 19.0 Å². The van der Waals surface area contributed by atoms with E-state index in [1.807, 2.05) is 11.8 Å². The quantitative estimate of drug-likeness (QED) is 0.749. The van der Waals surface area contributed by atoms with Crippen LogP contribution < -0.4 is 5.32 Å². The van der Waals surface area contributed by atoms with Crippen LogP contribution in [0.4, 0.5) is 0 Å². The van der Waals surface area contributed by atoms with Gasteiger partial charge in [-0.25, -0.2) is 0 Å². The highest BCUT2D eigenvalue weighted by Gasteiger charge is 2.27. The van der Waals surface area contributed by atoms with E-state index in [0.29, 0.717) is 13.0 Å². The highest BCUT2D eigenvalue weighted by Crippen LogP contribution is 2.13. The number of nitrogens with zero attached hydrogens (tertiary/aromatic N) is 1. The third kappa shape index (κ3) is 4.34. The lowest BCUT2D eigenvalue weighted by Gasteiger charge is -2.35. The molecule has 5 nitrogen and oxygen atoms in total. The van der Waals surface area contributed by atoms with Crippen LogP contribution in [0.1, 0.15) is 39.5 Å². The second kappa shape index (κ2) is 6.59. The highest BCUT2D eigenvalue weighted by molar-refractivity contribution is 5.76. The number of carboxylic acids is 1. The molecule has 98 valence electrons. The minimum atomic E-state index is -0.800. The van der Waals surface area contributed by atoms with E-state index in [9.17, 15) is 9.59 Å². The van der Waals surface area contributed by atoms with Gasteiger partial charge in [0.05, 0.1) is 0 Å². The van der Waals surface area contributed by atoms with Gasteiger partial charge in [0.25, 0.3) is 0 Å². The highest BCUT2D eigenvalue weighted by atomic mass is 16.4. The lowest BCUT2D eigenvalue weighted by Crippen LogP contribution is -2.52. The Morgan fingerprint density at radius 3 is 2.82 bits per heavy atom. The van der Waals surface area contributed by atoms with Gasteiger partial charge in [-0.15, -0.1) is 0 Å². The molecule has 0 unspecified atom stereocenters. The van der Waals surface area contributed by atoms with Gasteiger partial charge in [0.1, 0.15) is 6.04 Å². The van der Waals surface area contributed by atoms with Crippen LogP contribution >= 0.6 is 0 Å². The number of carbonyl (C=O) groups is 2. The lowest BCUT2D eigenvalue weighted by molar-refractivity contribution is -0.143. The smallest absolute Gasteiger partial charge is 0.320 e. The number of piperidine rings is 1. The van der Waals surface area contributed by atoms with Crippen molar-refractivity contribution >= 4 is 11.9 Å². The van der Waals surface area contributed by atoms with E-state index in [1.54, 1.807) is 6.92 Å². The van der Waals surface area contributed by atoms with E-state index in [1.165, 1.54) is 0 Å². The van der Waals surface area contributed by atoms with Crippen molar-refractivity contribution in [3.05, 3.63) is 0 Å². The molecular formula is C12H22N2O3. The molecule has 17 heavy (non-hydrogen) atoms. The summed E-state index contributed by atoms with van der Waals surface area (Å²) in [6.45, 7) is 5.11. The summed E-state index contributed by atoms with van der Waals surface area (Å²) in [6.07, 6.45) is 3.27. The third-order valence-electron chi connectivity index (χ3n) is 3.20. The Hall–Kier alpha value is -1.10. The summed E-state index contributed by atoms with van der Waals surface area (Å²) < 4.78 is 0. The van der Waals surface area contributed by atoms with Gasteiger partial charge >= 0.3 is 5.97 Å². The number of nitrogens with one attached hydrogen (secondary N) is 1. The van der Waals surface area contributed by atoms with E-state index in [4.69, 9.17) is 5.11 Å². The van der Waals surface area contributed by atoms with Crippen LogP contribution in [-0.2, 0) is 9.59 Å². The van der Waals surface area contributed by atoms with Gasteiger partial charge in [-0.1, -0.05) is 6.92 Å². The molecule has 0 aromatic carbocycles. The van der Waals surface area contributed by atoms with Crippen molar-refractivity contribution < 1.29 is 14.7 Å². The second-order valence-corrected chi connectivity index (χ2v) is 4.67. The third-order valence-corrected chi connectivity index (χ3v) is 3.20. The van der Waals surface area contributed by atoms with Crippen molar-refractivity contribution in [2.24, 2.45) is 0 Å². The van der Waals surface area contributed by atoms with E-state index in [2.05, 4.69) is 5.32 Å². The topological polar surface area (TPSA) is 69.6 Å². The molecule has 2 N–H and O–H groups in total. The number of aliphatic carboxylic acids is 1. The van der Waals surface area contributed by atoms with Gasteiger partial charge in [0.2, 0.25) is 5.91 Å². The summed E-state index contributed by atoms with van der Waals surface area (Å²) in [5, 5.41) is 11.9. The molecule has 0 saturated carbocycles. The summed E-state index contributed by atoms with van der Waals surface area (Å²) in [5.74, 6) is -0.729. The van der Waals surface area contributed by atoms with Gasteiger partial charge < -0.3 is 10.4 Å². The van der Waals surface area contributed by atoms with Crippen molar-refractivity contribution in [1.29, 1.82) is 0 Å². The number of carbonyl (C=O) groups excluding carboxylic acids is 1. The van der Waals surface area contributed by atoms with Gasteiger partial charge in [0.15, 0.2) is 0 Å². The number of hydrogen-bond acceptors (Lipinski definition) is 3. The van der Waals surface area contributed by atoms with Crippen molar-refractivity contribution in [3.63, 3.8) is 0 Å².